The average Bonchev–Trinajstić information content (AvgIpc) is 2.27. The Hall–Kier alpha value is -1.06. The van der Waals surface area contributed by atoms with Gasteiger partial charge in [-0.1, -0.05) is 23.7 Å². The molecule has 0 saturated heterocycles. The maximum Gasteiger partial charge on any atom is 0.237 e. The maximum atomic E-state index is 11.6. The Kier molecular flexibility index (Phi) is 5.45. The van der Waals surface area contributed by atoms with E-state index in [9.17, 15) is 4.79 Å². The van der Waals surface area contributed by atoms with Crippen LogP contribution in [-0.2, 0) is 11.2 Å². The van der Waals surface area contributed by atoms with Crippen LogP contribution in [-0.4, -0.2) is 25.0 Å². The van der Waals surface area contributed by atoms with Crippen molar-refractivity contribution < 1.29 is 4.79 Å². The zero-order chi connectivity index (χ0) is 12.8. The summed E-state index contributed by atoms with van der Waals surface area (Å²) in [4.78, 5) is 11.6. The van der Waals surface area contributed by atoms with Crippen LogP contribution in [0.3, 0.4) is 0 Å². The smallest absolute Gasteiger partial charge is 0.237 e. The summed E-state index contributed by atoms with van der Waals surface area (Å²) in [5.74, 6) is 0.0158. The van der Waals surface area contributed by atoms with Crippen molar-refractivity contribution in [3.8, 4) is 0 Å². The minimum Gasteiger partial charge on any atom is -0.352 e. The van der Waals surface area contributed by atoms with Crippen LogP contribution in [0.15, 0.2) is 24.3 Å². The van der Waals surface area contributed by atoms with Crippen LogP contribution < -0.4 is 10.6 Å². The molecule has 0 heterocycles. The van der Waals surface area contributed by atoms with Crippen molar-refractivity contribution in [3.63, 3.8) is 0 Å². The van der Waals surface area contributed by atoms with Crippen LogP contribution in [0.25, 0.3) is 0 Å². The fourth-order valence-electron chi connectivity index (χ4n) is 1.57. The number of rotatable bonds is 5. The summed E-state index contributed by atoms with van der Waals surface area (Å²) in [5.41, 5.74) is 1.13. The molecule has 2 atom stereocenters. The molecular formula is C13H19ClN2O. The molecule has 0 aliphatic heterocycles. The molecule has 1 aromatic carbocycles. The molecule has 0 aromatic heterocycles. The van der Waals surface area contributed by atoms with Crippen LogP contribution in [0.1, 0.15) is 19.4 Å². The first-order chi connectivity index (χ1) is 8.02. The second-order valence-electron chi connectivity index (χ2n) is 4.25. The predicted octanol–water partition coefficient (Wildman–Crippen LogP) is 2.00. The van der Waals surface area contributed by atoms with Gasteiger partial charge in [0, 0.05) is 11.1 Å². The molecule has 1 rings (SSSR count). The minimum atomic E-state index is -0.170. The molecule has 0 spiro atoms. The molecule has 3 nitrogen and oxygen atoms in total. The normalized spacial score (nSPS) is 14.1. The molecule has 0 aliphatic carbocycles. The quantitative estimate of drug-likeness (QED) is 0.844. The topological polar surface area (TPSA) is 41.1 Å². The Labute approximate surface area is 108 Å². The Morgan fingerprint density at radius 3 is 2.71 bits per heavy atom. The lowest BCUT2D eigenvalue weighted by atomic mass is 10.1. The Morgan fingerprint density at radius 2 is 2.12 bits per heavy atom. The molecule has 0 aliphatic rings. The fraction of sp³-hybridized carbons (Fsp3) is 0.462. The highest BCUT2D eigenvalue weighted by Crippen LogP contribution is 2.12. The SMILES string of the molecule is CNC(C)C(=O)NC(C)Cc1cccc(Cl)c1. The lowest BCUT2D eigenvalue weighted by molar-refractivity contribution is -0.123. The Balaban J connectivity index is 2.50. The summed E-state index contributed by atoms with van der Waals surface area (Å²) in [6.07, 6.45) is 0.780. The number of benzene rings is 1. The predicted molar refractivity (Wildman–Crippen MR) is 71.3 cm³/mol. The highest BCUT2D eigenvalue weighted by atomic mass is 35.5. The van der Waals surface area contributed by atoms with Gasteiger partial charge in [-0.15, -0.1) is 0 Å². The average molecular weight is 255 g/mol. The number of nitrogens with one attached hydrogen (secondary N) is 2. The number of carbonyl (C=O) groups is 1. The molecule has 2 N–H and O–H groups in total. The van der Waals surface area contributed by atoms with Crippen molar-refractivity contribution >= 4 is 17.5 Å². The number of hydrogen-bond donors (Lipinski definition) is 2. The molecule has 1 aromatic rings. The van der Waals surface area contributed by atoms with E-state index in [2.05, 4.69) is 10.6 Å². The Morgan fingerprint density at radius 1 is 1.41 bits per heavy atom. The first kappa shape index (κ1) is 14.0. The molecule has 94 valence electrons. The van der Waals surface area contributed by atoms with E-state index in [1.165, 1.54) is 0 Å². The van der Waals surface area contributed by atoms with E-state index in [-0.39, 0.29) is 18.0 Å². The lowest BCUT2D eigenvalue weighted by Gasteiger charge is -2.17. The van der Waals surface area contributed by atoms with Crippen molar-refractivity contribution in [1.29, 1.82) is 0 Å². The van der Waals surface area contributed by atoms with E-state index in [1.807, 2.05) is 38.1 Å². The fourth-order valence-corrected chi connectivity index (χ4v) is 1.78. The van der Waals surface area contributed by atoms with E-state index < -0.39 is 0 Å². The highest BCUT2D eigenvalue weighted by molar-refractivity contribution is 6.30. The van der Waals surface area contributed by atoms with Gasteiger partial charge in [0.1, 0.15) is 0 Å². The van der Waals surface area contributed by atoms with Gasteiger partial charge in [0.05, 0.1) is 6.04 Å². The van der Waals surface area contributed by atoms with E-state index in [4.69, 9.17) is 11.6 Å². The van der Waals surface area contributed by atoms with Gasteiger partial charge < -0.3 is 10.6 Å². The van der Waals surface area contributed by atoms with E-state index in [1.54, 1.807) is 7.05 Å². The second kappa shape index (κ2) is 6.62. The summed E-state index contributed by atoms with van der Waals surface area (Å²) >= 11 is 5.91. The standard InChI is InChI=1S/C13H19ClN2O/c1-9(16-13(17)10(2)15-3)7-11-5-4-6-12(14)8-11/h4-6,8-10,15H,7H2,1-3H3,(H,16,17). The monoisotopic (exact) mass is 254 g/mol. The van der Waals surface area contributed by atoms with Gasteiger partial charge in [0.2, 0.25) is 5.91 Å². The van der Waals surface area contributed by atoms with Gasteiger partial charge in [-0.05, 0) is 45.0 Å². The largest absolute Gasteiger partial charge is 0.352 e. The molecule has 0 radical (unpaired) electrons. The molecule has 4 heteroatoms. The van der Waals surface area contributed by atoms with Gasteiger partial charge in [-0.2, -0.15) is 0 Å². The second-order valence-corrected chi connectivity index (χ2v) is 4.69. The number of likely N-dealkylation sites (N-methyl/N-ethyl adjacent to an activating group) is 1. The van der Waals surface area contributed by atoms with Crippen molar-refractivity contribution in [2.75, 3.05) is 7.05 Å². The molecule has 0 saturated carbocycles. The van der Waals surface area contributed by atoms with Gasteiger partial charge in [0.15, 0.2) is 0 Å². The number of hydrogen-bond acceptors (Lipinski definition) is 2. The van der Waals surface area contributed by atoms with Gasteiger partial charge >= 0.3 is 0 Å². The lowest BCUT2D eigenvalue weighted by Crippen LogP contribution is -2.44. The van der Waals surface area contributed by atoms with Crippen molar-refractivity contribution in [2.45, 2.75) is 32.4 Å². The van der Waals surface area contributed by atoms with Crippen molar-refractivity contribution in [1.82, 2.24) is 10.6 Å². The molecule has 0 fully saturated rings. The zero-order valence-electron chi connectivity index (χ0n) is 10.5. The van der Waals surface area contributed by atoms with Crippen LogP contribution in [0.4, 0.5) is 0 Å². The Bertz CT molecular complexity index is 381. The molecule has 17 heavy (non-hydrogen) atoms. The van der Waals surface area contributed by atoms with Crippen LogP contribution in [0.5, 0.6) is 0 Å². The maximum absolute atomic E-state index is 11.6. The van der Waals surface area contributed by atoms with Crippen molar-refractivity contribution in [2.24, 2.45) is 0 Å². The van der Waals surface area contributed by atoms with Crippen LogP contribution in [0.2, 0.25) is 5.02 Å². The van der Waals surface area contributed by atoms with Crippen LogP contribution >= 0.6 is 11.6 Å². The number of halogens is 1. The highest BCUT2D eigenvalue weighted by Gasteiger charge is 2.13. The molecule has 2 unspecified atom stereocenters. The number of amides is 1. The first-order valence-corrected chi connectivity index (χ1v) is 6.12. The summed E-state index contributed by atoms with van der Waals surface area (Å²) in [5, 5.41) is 6.59. The first-order valence-electron chi connectivity index (χ1n) is 5.75. The molecular weight excluding hydrogens is 236 g/mol. The van der Waals surface area contributed by atoms with Gasteiger partial charge in [-0.3, -0.25) is 4.79 Å². The van der Waals surface area contributed by atoms with Gasteiger partial charge in [-0.25, -0.2) is 0 Å². The van der Waals surface area contributed by atoms with E-state index in [0.717, 1.165) is 17.0 Å². The minimum absolute atomic E-state index is 0.0158. The van der Waals surface area contributed by atoms with E-state index in [0.29, 0.717) is 0 Å². The van der Waals surface area contributed by atoms with Crippen LogP contribution in [0, 0.1) is 0 Å². The third kappa shape index (κ3) is 4.75. The van der Waals surface area contributed by atoms with Crippen molar-refractivity contribution in [3.05, 3.63) is 34.9 Å². The summed E-state index contributed by atoms with van der Waals surface area (Å²) in [6, 6.07) is 7.62. The third-order valence-corrected chi connectivity index (χ3v) is 2.88. The summed E-state index contributed by atoms with van der Waals surface area (Å²) < 4.78 is 0. The molecule has 0 bridgehead atoms. The van der Waals surface area contributed by atoms with E-state index >= 15 is 0 Å². The third-order valence-electron chi connectivity index (χ3n) is 2.65. The van der Waals surface area contributed by atoms with Gasteiger partial charge in [0.25, 0.3) is 0 Å². The number of carbonyl (C=O) groups excluding carboxylic acids is 1. The zero-order valence-corrected chi connectivity index (χ0v) is 11.2. The molecule has 1 amide bonds. The summed E-state index contributed by atoms with van der Waals surface area (Å²) in [7, 11) is 1.77. The summed E-state index contributed by atoms with van der Waals surface area (Å²) in [6.45, 7) is 3.82.